The summed E-state index contributed by atoms with van der Waals surface area (Å²) in [7, 11) is 0. The van der Waals surface area contributed by atoms with Gasteiger partial charge in [-0.15, -0.1) is 0 Å². The van der Waals surface area contributed by atoms with Crippen LogP contribution < -0.4 is 0 Å². The first kappa shape index (κ1) is 12.3. The molecule has 1 amide bonds. The number of ether oxygens (including phenoxy) is 1. The third kappa shape index (κ3) is 2.26. The molecule has 0 aromatic heterocycles. The van der Waals surface area contributed by atoms with Gasteiger partial charge in [0.2, 0.25) is 0 Å². The molecule has 1 aromatic rings. The summed E-state index contributed by atoms with van der Waals surface area (Å²) in [4.78, 5) is 23.8. The minimum Gasteiger partial charge on any atom is -0.480 e. The molecule has 5 heteroatoms. The average molecular weight is 247 g/mol. The molecule has 0 bridgehead atoms. The van der Waals surface area contributed by atoms with Crippen LogP contribution in [0.5, 0.6) is 0 Å². The fourth-order valence-corrected chi connectivity index (χ4v) is 1.89. The summed E-state index contributed by atoms with van der Waals surface area (Å²) in [6.07, 6.45) is 0. The summed E-state index contributed by atoms with van der Waals surface area (Å²) < 4.78 is 4.92. The Morgan fingerprint density at radius 2 is 2.00 bits per heavy atom. The highest BCUT2D eigenvalue weighted by atomic mass is 16.5. The van der Waals surface area contributed by atoms with Crippen LogP contribution in [0.4, 0.5) is 0 Å². The van der Waals surface area contributed by atoms with Crippen molar-refractivity contribution in [3.05, 3.63) is 42.0 Å². The first-order valence-corrected chi connectivity index (χ1v) is 5.51. The minimum absolute atomic E-state index is 0.116. The van der Waals surface area contributed by atoms with E-state index in [-0.39, 0.29) is 19.1 Å². The van der Waals surface area contributed by atoms with E-state index in [4.69, 9.17) is 9.84 Å². The standard InChI is InChI=1S/C13H13NO4/c1-9-10-4-2-3-5-11(10)13(17)14(9)6-7-18-8-12(15)16/h2-5H,1,6-8H2,(H,15,16). The van der Waals surface area contributed by atoms with Gasteiger partial charge in [-0.1, -0.05) is 24.8 Å². The van der Waals surface area contributed by atoms with Crippen molar-refractivity contribution in [2.75, 3.05) is 19.8 Å². The lowest BCUT2D eigenvalue weighted by molar-refractivity contribution is -0.142. The first-order chi connectivity index (χ1) is 8.61. The number of carboxylic acids is 1. The lowest BCUT2D eigenvalue weighted by Gasteiger charge is -2.16. The highest BCUT2D eigenvalue weighted by molar-refractivity contribution is 6.08. The quantitative estimate of drug-likeness (QED) is 0.794. The maximum atomic E-state index is 12.0. The van der Waals surface area contributed by atoms with Crippen LogP contribution in [0.2, 0.25) is 0 Å². The van der Waals surface area contributed by atoms with Crippen molar-refractivity contribution in [2.45, 2.75) is 0 Å². The fourth-order valence-electron chi connectivity index (χ4n) is 1.89. The zero-order chi connectivity index (χ0) is 13.1. The van der Waals surface area contributed by atoms with Crippen LogP contribution in [0.3, 0.4) is 0 Å². The number of carbonyl (C=O) groups is 2. The predicted molar refractivity (Wildman–Crippen MR) is 65.0 cm³/mol. The Morgan fingerprint density at radius 1 is 1.33 bits per heavy atom. The van der Waals surface area contributed by atoms with E-state index in [9.17, 15) is 9.59 Å². The van der Waals surface area contributed by atoms with Gasteiger partial charge < -0.3 is 14.7 Å². The van der Waals surface area contributed by atoms with Gasteiger partial charge in [-0.3, -0.25) is 4.79 Å². The lowest BCUT2D eigenvalue weighted by Crippen LogP contribution is -2.27. The number of aliphatic carboxylic acids is 1. The second kappa shape index (κ2) is 5.01. The third-order valence-corrected chi connectivity index (χ3v) is 2.72. The Kier molecular flexibility index (Phi) is 3.43. The van der Waals surface area contributed by atoms with E-state index in [1.54, 1.807) is 12.1 Å². The van der Waals surface area contributed by atoms with Gasteiger partial charge in [0.05, 0.1) is 6.61 Å². The maximum absolute atomic E-state index is 12.0. The van der Waals surface area contributed by atoms with Gasteiger partial charge in [0.1, 0.15) is 6.61 Å². The molecule has 0 unspecified atom stereocenters. The van der Waals surface area contributed by atoms with Crippen molar-refractivity contribution in [2.24, 2.45) is 0 Å². The number of benzene rings is 1. The Labute approximate surface area is 104 Å². The molecule has 0 fully saturated rings. The Bertz CT molecular complexity index is 474. The Balaban J connectivity index is 1.99. The maximum Gasteiger partial charge on any atom is 0.329 e. The van der Waals surface area contributed by atoms with E-state index in [1.807, 2.05) is 12.1 Å². The monoisotopic (exact) mass is 247 g/mol. The summed E-state index contributed by atoms with van der Waals surface area (Å²) in [5.41, 5.74) is 2.08. The molecular formula is C13H13NO4. The van der Waals surface area contributed by atoms with E-state index in [2.05, 4.69) is 6.58 Å². The van der Waals surface area contributed by atoms with E-state index in [0.29, 0.717) is 17.8 Å². The van der Waals surface area contributed by atoms with E-state index in [1.165, 1.54) is 4.90 Å². The predicted octanol–water partition coefficient (Wildman–Crippen LogP) is 1.21. The second-order valence-corrected chi connectivity index (χ2v) is 3.90. The summed E-state index contributed by atoms with van der Waals surface area (Å²) in [5.74, 6) is -1.14. The number of amides is 1. The van der Waals surface area contributed by atoms with Gasteiger partial charge in [0.15, 0.2) is 0 Å². The first-order valence-electron chi connectivity index (χ1n) is 5.51. The van der Waals surface area contributed by atoms with Gasteiger partial charge >= 0.3 is 5.97 Å². The van der Waals surface area contributed by atoms with E-state index in [0.717, 1.165) is 5.56 Å². The molecule has 1 heterocycles. The molecule has 0 saturated carbocycles. The number of carbonyl (C=O) groups excluding carboxylic acids is 1. The minimum atomic E-state index is -1.02. The number of nitrogens with zero attached hydrogens (tertiary/aromatic N) is 1. The highest BCUT2D eigenvalue weighted by Gasteiger charge is 2.29. The molecule has 0 aliphatic carbocycles. The number of hydrogen-bond acceptors (Lipinski definition) is 3. The molecule has 1 aliphatic rings. The van der Waals surface area contributed by atoms with Crippen molar-refractivity contribution in [3.63, 3.8) is 0 Å². The normalized spacial score (nSPS) is 13.9. The van der Waals surface area contributed by atoms with Crippen LogP contribution in [0.1, 0.15) is 15.9 Å². The zero-order valence-electron chi connectivity index (χ0n) is 9.76. The number of rotatable bonds is 5. The van der Waals surface area contributed by atoms with Crippen LogP contribution in [0, 0.1) is 0 Å². The van der Waals surface area contributed by atoms with Crippen LogP contribution in [0.15, 0.2) is 30.8 Å². The van der Waals surface area contributed by atoms with Gasteiger partial charge in [-0.2, -0.15) is 0 Å². The fraction of sp³-hybridized carbons (Fsp3) is 0.231. The molecule has 0 radical (unpaired) electrons. The average Bonchev–Trinajstić information content (AvgIpc) is 2.59. The number of fused-ring (bicyclic) bond motifs is 1. The van der Waals surface area contributed by atoms with Gasteiger partial charge in [0, 0.05) is 23.4 Å². The third-order valence-electron chi connectivity index (χ3n) is 2.72. The smallest absolute Gasteiger partial charge is 0.329 e. The summed E-state index contributed by atoms with van der Waals surface area (Å²) >= 11 is 0. The summed E-state index contributed by atoms with van der Waals surface area (Å²) in [6, 6.07) is 7.24. The van der Waals surface area contributed by atoms with E-state index >= 15 is 0 Å². The lowest BCUT2D eigenvalue weighted by atomic mass is 10.1. The second-order valence-electron chi connectivity index (χ2n) is 3.90. The Hall–Kier alpha value is -2.14. The highest BCUT2D eigenvalue weighted by Crippen LogP contribution is 2.30. The molecule has 2 rings (SSSR count). The van der Waals surface area contributed by atoms with Crippen LogP contribution in [-0.4, -0.2) is 41.6 Å². The molecule has 1 aromatic carbocycles. The molecular weight excluding hydrogens is 234 g/mol. The van der Waals surface area contributed by atoms with Crippen LogP contribution in [-0.2, 0) is 9.53 Å². The zero-order valence-corrected chi connectivity index (χ0v) is 9.76. The van der Waals surface area contributed by atoms with Crippen LogP contribution >= 0.6 is 0 Å². The van der Waals surface area contributed by atoms with Crippen LogP contribution in [0.25, 0.3) is 5.70 Å². The molecule has 0 atom stereocenters. The van der Waals surface area contributed by atoms with Gasteiger partial charge in [-0.05, 0) is 6.07 Å². The van der Waals surface area contributed by atoms with Gasteiger partial charge in [0.25, 0.3) is 5.91 Å². The molecule has 1 aliphatic heterocycles. The molecule has 0 spiro atoms. The van der Waals surface area contributed by atoms with Crippen molar-refractivity contribution >= 4 is 17.6 Å². The SMILES string of the molecule is C=C1c2ccccc2C(=O)N1CCOCC(=O)O. The molecule has 1 N–H and O–H groups in total. The number of carboxylic acid groups (broad SMARTS) is 1. The van der Waals surface area contributed by atoms with Crippen molar-refractivity contribution in [3.8, 4) is 0 Å². The van der Waals surface area contributed by atoms with Crippen molar-refractivity contribution in [1.82, 2.24) is 4.90 Å². The summed E-state index contributed by atoms with van der Waals surface area (Å²) in [6.45, 7) is 3.99. The van der Waals surface area contributed by atoms with Gasteiger partial charge in [-0.25, -0.2) is 4.79 Å². The molecule has 94 valence electrons. The van der Waals surface area contributed by atoms with Crippen molar-refractivity contribution < 1.29 is 19.4 Å². The molecule has 5 nitrogen and oxygen atoms in total. The van der Waals surface area contributed by atoms with Crippen molar-refractivity contribution in [1.29, 1.82) is 0 Å². The largest absolute Gasteiger partial charge is 0.480 e. The summed E-state index contributed by atoms with van der Waals surface area (Å²) in [5, 5.41) is 8.43. The van der Waals surface area contributed by atoms with E-state index < -0.39 is 5.97 Å². The molecule has 0 saturated heterocycles. The number of hydrogen-bond donors (Lipinski definition) is 1. The topological polar surface area (TPSA) is 66.8 Å². The Morgan fingerprint density at radius 3 is 2.61 bits per heavy atom. The molecule has 18 heavy (non-hydrogen) atoms.